The summed E-state index contributed by atoms with van der Waals surface area (Å²) in [5.41, 5.74) is 11.1. The van der Waals surface area contributed by atoms with Gasteiger partial charge in [-0.15, -0.1) is 17.7 Å². The average molecular weight is 972 g/mol. The molecule has 283 valence electrons. The van der Waals surface area contributed by atoms with Gasteiger partial charge in [0.05, 0.1) is 28.1 Å². The largest absolute Gasteiger partial charge is 0.486 e. The van der Waals surface area contributed by atoms with E-state index in [-0.39, 0.29) is 26.1 Å². The molecule has 7 heteroatoms. The van der Waals surface area contributed by atoms with E-state index in [4.69, 9.17) is 14.4 Å². The predicted molar refractivity (Wildman–Crippen MR) is 233 cm³/mol. The molecule has 0 saturated heterocycles. The predicted octanol–water partition coefficient (Wildman–Crippen LogP) is 12.7. The van der Waals surface area contributed by atoms with Gasteiger partial charge >= 0.3 is 119 Å². The summed E-state index contributed by atoms with van der Waals surface area (Å²) >= 11 is -1.85. The fraction of sp³-hybridized carbons (Fsp3) is 0.204. The van der Waals surface area contributed by atoms with E-state index in [1.807, 2.05) is 42.5 Å². The van der Waals surface area contributed by atoms with Gasteiger partial charge in [-0.25, -0.2) is 4.98 Å². The van der Waals surface area contributed by atoms with E-state index in [9.17, 15) is 0 Å². The third-order valence-electron chi connectivity index (χ3n) is 10.3. The Kier molecular flexibility index (Phi) is 11.2. The molecule has 1 radical (unpaired) electrons. The van der Waals surface area contributed by atoms with Gasteiger partial charge in [0.1, 0.15) is 0 Å². The van der Waals surface area contributed by atoms with Gasteiger partial charge in [0, 0.05) is 42.5 Å². The van der Waals surface area contributed by atoms with E-state index < -0.39 is 13.3 Å². The van der Waals surface area contributed by atoms with Crippen LogP contribution in [-0.2, 0) is 20.1 Å². The molecule has 0 unspecified atom stereocenters. The van der Waals surface area contributed by atoms with E-state index in [1.165, 1.54) is 20.7 Å². The zero-order valence-corrected chi connectivity index (χ0v) is 37.7. The van der Waals surface area contributed by atoms with Gasteiger partial charge < -0.3 is 8.98 Å². The minimum Gasteiger partial charge on any atom is -0.486 e. The first-order valence-corrected chi connectivity index (χ1v) is 26.5. The summed E-state index contributed by atoms with van der Waals surface area (Å²) in [4.78, 5) is 14.7. The summed E-state index contributed by atoms with van der Waals surface area (Å²) in [6.45, 7) is 11.0. The molecule has 9 rings (SSSR count). The molecule has 0 fully saturated rings. The first-order chi connectivity index (χ1) is 26.5. The zero-order chi connectivity index (χ0) is 38.4. The zero-order valence-electron chi connectivity index (χ0n) is 33.2. The minimum atomic E-state index is -1.85. The number of hydrogen-bond acceptors (Lipinski definition) is 4. The third-order valence-corrected chi connectivity index (χ3v) is 14.6. The second kappa shape index (κ2) is 15.9. The number of rotatable bonds is 6. The molecule has 0 saturated carbocycles. The Morgan fingerprint density at radius 2 is 1.50 bits per heavy atom. The van der Waals surface area contributed by atoms with Crippen molar-refractivity contribution in [3.63, 3.8) is 0 Å². The molecule has 0 aliphatic heterocycles. The summed E-state index contributed by atoms with van der Waals surface area (Å²) in [6, 6.07) is 46.4. The molecule has 5 aromatic carbocycles. The quantitative estimate of drug-likeness (QED) is 0.123. The summed E-state index contributed by atoms with van der Waals surface area (Å²) in [5.74, 6) is 8.69. The number of hydrogen-bond donors (Lipinski definition) is 0. The molecule has 5 nitrogen and oxygen atoms in total. The Balaban J connectivity index is 0.000000205. The van der Waals surface area contributed by atoms with Crippen molar-refractivity contribution in [3.8, 4) is 33.9 Å². The molecule has 4 aromatic heterocycles. The normalized spacial score (nSPS) is 11.8. The maximum atomic E-state index is 6.50. The van der Waals surface area contributed by atoms with Crippen LogP contribution < -0.4 is 4.40 Å². The molecule has 0 atom stereocenters. The van der Waals surface area contributed by atoms with Gasteiger partial charge in [-0.05, 0) is 37.4 Å². The molecular weight excluding hydrogens is 925 g/mol. The fourth-order valence-corrected chi connectivity index (χ4v) is 11.1. The van der Waals surface area contributed by atoms with Crippen molar-refractivity contribution in [3.05, 3.63) is 145 Å². The first kappa shape index (κ1) is 39.4. The molecule has 0 N–H and O–H groups in total. The van der Waals surface area contributed by atoms with E-state index in [2.05, 4.69) is 153 Å². The summed E-state index contributed by atoms with van der Waals surface area (Å²) in [6.07, 6.45) is 2.12. The summed E-state index contributed by atoms with van der Waals surface area (Å²) in [5, 5.41) is 4.48. The Morgan fingerprint density at radius 3 is 2.21 bits per heavy atom. The average Bonchev–Trinajstić information content (AvgIpc) is 3.78. The smallest absolute Gasteiger partial charge is 0.216 e. The molecule has 0 spiro atoms. The standard InChI is InChI=1S/C32H24N3O.C17H22GeN.Ir/c1-19(2)35-29-23-12-8-7-9-21(23)14-17-27(29)33-31(35)25-15-13-20(3)28-24-16-18-26(22-10-5-4-6-11-22)34-32(24)36-30(25)28;1-13(2)15-11-17(14-9-7-6-8-10-14)19-12-16(15)18(3,4)5;/h4-14,16-19H,1-3H3;6-9,11-13H,1-5H3;/q2*-1;. The van der Waals surface area contributed by atoms with Crippen LogP contribution in [0.25, 0.3) is 77.8 Å². The number of aromatic nitrogens is 4. The van der Waals surface area contributed by atoms with Crippen LogP contribution in [0.4, 0.5) is 0 Å². The number of benzene rings is 5. The second-order valence-corrected chi connectivity index (χ2v) is 26.5. The van der Waals surface area contributed by atoms with E-state index >= 15 is 0 Å². The number of fused-ring (bicyclic) bond motifs is 6. The molecule has 0 bridgehead atoms. The van der Waals surface area contributed by atoms with Gasteiger partial charge in [-0.1, -0.05) is 78.5 Å². The van der Waals surface area contributed by atoms with Crippen LogP contribution in [0.3, 0.4) is 0 Å². The maximum Gasteiger partial charge on any atom is 0.216 e. The number of nitrogens with zero attached hydrogens (tertiary/aromatic N) is 4. The van der Waals surface area contributed by atoms with Crippen molar-refractivity contribution in [2.75, 3.05) is 0 Å². The van der Waals surface area contributed by atoms with Crippen LogP contribution in [0.1, 0.15) is 50.8 Å². The first-order valence-electron chi connectivity index (χ1n) is 19.2. The van der Waals surface area contributed by atoms with Gasteiger partial charge in [0.25, 0.3) is 0 Å². The molecular formula is C49H46GeIrN4O-2. The Hall–Kier alpha value is -4.88. The third kappa shape index (κ3) is 7.38. The molecule has 56 heavy (non-hydrogen) atoms. The van der Waals surface area contributed by atoms with Crippen molar-refractivity contribution in [2.24, 2.45) is 0 Å². The van der Waals surface area contributed by atoms with Gasteiger partial charge in [0.2, 0.25) is 5.71 Å². The van der Waals surface area contributed by atoms with Crippen LogP contribution in [0.5, 0.6) is 0 Å². The SMILES string of the molecule is CC(C)c1cc(-c2[c-]cccc2)nc[c]1[Ge]([CH3])([CH3])[CH3].Cc1c[c-]c(-c2nc3ccc4ccccc4c3n2C(C)C)c2oc3nc(-c4ccccc4)ccc3c12.[Ir]. The minimum absolute atomic E-state index is 0. The van der Waals surface area contributed by atoms with Crippen LogP contribution >= 0.6 is 0 Å². The molecule has 9 aromatic rings. The summed E-state index contributed by atoms with van der Waals surface area (Å²) in [7, 11) is 0. The van der Waals surface area contributed by atoms with Crippen molar-refractivity contribution < 1.29 is 24.5 Å². The van der Waals surface area contributed by atoms with E-state index in [0.29, 0.717) is 11.6 Å². The summed E-state index contributed by atoms with van der Waals surface area (Å²) < 4.78 is 10.3. The van der Waals surface area contributed by atoms with Crippen LogP contribution in [0.15, 0.2) is 126 Å². The van der Waals surface area contributed by atoms with Gasteiger partial charge in [0.15, 0.2) is 0 Å². The Morgan fingerprint density at radius 1 is 0.750 bits per heavy atom. The van der Waals surface area contributed by atoms with Gasteiger partial charge in [-0.3, -0.25) is 4.98 Å². The molecule has 0 amide bonds. The number of furan rings is 1. The van der Waals surface area contributed by atoms with Crippen molar-refractivity contribution in [2.45, 2.75) is 63.8 Å². The second-order valence-electron chi connectivity index (χ2n) is 16.0. The molecule has 4 heterocycles. The van der Waals surface area contributed by atoms with E-state index in [1.54, 1.807) is 0 Å². The number of aryl methyl sites for hydroxylation is 1. The van der Waals surface area contributed by atoms with Crippen LogP contribution in [0.2, 0.25) is 17.3 Å². The Labute approximate surface area is 345 Å². The van der Waals surface area contributed by atoms with Crippen LogP contribution in [-0.4, -0.2) is 32.8 Å². The van der Waals surface area contributed by atoms with E-state index in [0.717, 1.165) is 66.9 Å². The topological polar surface area (TPSA) is 56.7 Å². The Bertz CT molecular complexity index is 2820. The molecule has 0 aliphatic carbocycles. The number of pyridine rings is 2. The molecule has 0 aliphatic rings. The van der Waals surface area contributed by atoms with Crippen LogP contribution in [0, 0.1) is 19.1 Å². The fourth-order valence-electron chi connectivity index (χ4n) is 7.62. The monoisotopic (exact) mass is 973 g/mol. The van der Waals surface area contributed by atoms with Crippen molar-refractivity contribution in [1.29, 1.82) is 0 Å². The van der Waals surface area contributed by atoms with Crippen molar-refractivity contribution in [1.82, 2.24) is 19.5 Å². The van der Waals surface area contributed by atoms with Gasteiger partial charge in [-0.2, -0.15) is 0 Å². The number of imidazole rings is 1. The van der Waals surface area contributed by atoms with Crippen molar-refractivity contribution >= 4 is 61.5 Å². The maximum absolute atomic E-state index is 6.50.